The Morgan fingerprint density at radius 1 is 1.39 bits per heavy atom. The van der Waals surface area contributed by atoms with Gasteiger partial charge in [0.1, 0.15) is 17.5 Å². The first-order valence-corrected chi connectivity index (χ1v) is 7.72. The molecule has 0 aromatic carbocycles. The fourth-order valence-electron chi connectivity index (χ4n) is 3.40. The molecule has 1 aromatic heterocycles. The Morgan fingerprint density at radius 2 is 2.17 bits per heavy atom. The molecule has 124 valence electrons. The molecule has 1 unspecified atom stereocenters. The molecule has 23 heavy (non-hydrogen) atoms. The molecule has 0 saturated heterocycles. The third kappa shape index (κ3) is 3.13. The standard InChI is InChI=1S/C17H20F2N2O2/c1-10-16(7-20-11(2)21-10)23-9-17(6-13(17)8-22)12-3-14(18)5-15(19)4-12/h3,5,7,12-13,22H,4,6,8-9H2,1-2H3/t12?,13-,17+/m0/s1. The second-order valence-corrected chi connectivity index (χ2v) is 6.43. The van der Waals surface area contributed by atoms with Gasteiger partial charge in [-0.15, -0.1) is 0 Å². The summed E-state index contributed by atoms with van der Waals surface area (Å²) in [5.74, 6) is -0.113. The highest BCUT2D eigenvalue weighted by molar-refractivity contribution is 5.27. The minimum absolute atomic E-state index is 0.00544. The normalized spacial score (nSPS) is 29.8. The smallest absolute Gasteiger partial charge is 0.158 e. The van der Waals surface area contributed by atoms with Crippen LogP contribution >= 0.6 is 0 Å². The molecule has 1 N–H and O–H groups in total. The monoisotopic (exact) mass is 322 g/mol. The number of aliphatic hydroxyl groups is 1. The average molecular weight is 322 g/mol. The van der Waals surface area contributed by atoms with Gasteiger partial charge in [-0.05, 0) is 38.2 Å². The van der Waals surface area contributed by atoms with E-state index in [4.69, 9.17) is 4.74 Å². The van der Waals surface area contributed by atoms with Crippen LogP contribution in [0.2, 0.25) is 0 Å². The molecule has 6 heteroatoms. The van der Waals surface area contributed by atoms with Crippen LogP contribution in [0, 0.1) is 31.1 Å². The van der Waals surface area contributed by atoms with E-state index in [1.165, 1.54) is 6.08 Å². The highest BCUT2D eigenvalue weighted by atomic mass is 19.1. The van der Waals surface area contributed by atoms with Crippen molar-refractivity contribution in [3.8, 4) is 5.75 Å². The number of aliphatic hydroxyl groups excluding tert-OH is 1. The molecule has 3 rings (SSSR count). The van der Waals surface area contributed by atoms with Crippen molar-refractivity contribution in [2.24, 2.45) is 17.3 Å². The first kappa shape index (κ1) is 16.1. The largest absolute Gasteiger partial charge is 0.489 e. The maximum atomic E-state index is 13.6. The molecule has 0 bridgehead atoms. The second-order valence-electron chi connectivity index (χ2n) is 6.43. The zero-order chi connectivity index (χ0) is 16.6. The van der Waals surface area contributed by atoms with Crippen LogP contribution in [0.3, 0.4) is 0 Å². The Labute approximate surface area is 133 Å². The fraction of sp³-hybridized carbons (Fsp3) is 0.529. The Bertz CT molecular complexity index is 675. The van der Waals surface area contributed by atoms with E-state index in [0.717, 1.165) is 11.8 Å². The minimum Gasteiger partial charge on any atom is -0.489 e. The summed E-state index contributed by atoms with van der Waals surface area (Å²) in [4.78, 5) is 8.35. The molecule has 4 nitrogen and oxygen atoms in total. The minimum atomic E-state index is -0.559. The van der Waals surface area contributed by atoms with E-state index < -0.39 is 17.1 Å². The topological polar surface area (TPSA) is 55.2 Å². The van der Waals surface area contributed by atoms with Crippen molar-refractivity contribution < 1.29 is 18.6 Å². The zero-order valence-electron chi connectivity index (χ0n) is 13.2. The van der Waals surface area contributed by atoms with Gasteiger partial charge in [-0.3, -0.25) is 0 Å². The number of halogens is 2. The summed E-state index contributed by atoms with van der Waals surface area (Å²) in [7, 11) is 0. The van der Waals surface area contributed by atoms with Crippen LogP contribution in [-0.2, 0) is 0 Å². The van der Waals surface area contributed by atoms with Gasteiger partial charge in [0.2, 0.25) is 0 Å². The highest BCUT2D eigenvalue weighted by Crippen LogP contribution is 2.60. The van der Waals surface area contributed by atoms with Crippen LogP contribution in [-0.4, -0.2) is 28.3 Å². The molecule has 0 radical (unpaired) electrons. The van der Waals surface area contributed by atoms with Gasteiger partial charge in [0.15, 0.2) is 5.75 Å². The number of hydrogen-bond donors (Lipinski definition) is 1. The maximum Gasteiger partial charge on any atom is 0.158 e. The van der Waals surface area contributed by atoms with Crippen LogP contribution in [0.25, 0.3) is 0 Å². The third-order valence-corrected chi connectivity index (χ3v) is 4.86. The lowest BCUT2D eigenvalue weighted by molar-refractivity contribution is 0.148. The molecule has 0 amide bonds. The molecule has 2 aliphatic carbocycles. The Kier molecular flexibility index (Phi) is 4.19. The summed E-state index contributed by atoms with van der Waals surface area (Å²) in [5.41, 5.74) is 0.292. The number of rotatable bonds is 5. The molecule has 1 heterocycles. The van der Waals surface area contributed by atoms with Crippen LogP contribution in [0.4, 0.5) is 8.78 Å². The van der Waals surface area contributed by atoms with Crippen molar-refractivity contribution in [3.05, 3.63) is 41.5 Å². The number of aryl methyl sites for hydroxylation is 2. The average Bonchev–Trinajstić information content (AvgIpc) is 3.20. The molecule has 0 spiro atoms. The van der Waals surface area contributed by atoms with Gasteiger partial charge >= 0.3 is 0 Å². The van der Waals surface area contributed by atoms with Gasteiger partial charge in [0, 0.05) is 24.5 Å². The molecular weight excluding hydrogens is 302 g/mol. The molecule has 2 aliphatic rings. The lowest BCUT2D eigenvalue weighted by Crippen LogP contribution is -2.27. The van der Waals surface area contributed by atoms with Crippen molar-refractivity contribution >= 4 is 0 Å². The van der Waals surface area contributed by atoms with Crippen molar-refractivity contribution in [2.75, 3.05) is 13.2 Å². The molecular formula is C17H20F2N2O2. The van der Waals surface area contributed by atoms with Gasteiger partial charge in [0.05, 0.1) is 18.5 Å². The van der Waals surface area contributed by atoms with Gasteiger partial charge in [-0.2, -0.15) is 0 Å². The van der Waals surface area contributed by atoms with E-state index >= 15 is 0 Å². The molecule has 1 saturated carbocycles. The van der Waals surface area contributed by atoms with Crippen molar-refractivity contribution in [1.82, 2.24) is 9.97 Å². The van der Waals surface area contributed by atoms with E-state index in [0.29, 0.717) is 18.0 Å². The first-order chi connectivity index (χ1) is 10.9. The van der Waals surface area contributed by atoms with Gasteiger partial charge in [0.25, 0.3) is 0 Å². The number of hydrogen-bond acceptors (Lipinski definition) is 4. The summed E-state index contributed by atoms with van der Waals surface area (Å²) < 4.78 is 33.0. The highest BCUT2D eigenvalue weighted by Gasteiger charge is 2.59. The van der Waals surface area contributed by atoms with Gasteiger partial charge < -0.3 is 9.84 Å². The molecule has 0 aliphatic heterocycles. The lowest BCUT2D eigenvalue weighted by Gasteiger charge is -2.27. The Morgan fingerprint density at radius 3 is 2.78 bits per heavy atom. The molecule has 1 fully saturated rings. The van der Waals surface area contributed by atoms with Crippen LogP contribution < -0.4 is 4.74 Å². The summed E-state index contributed by atoms with van der Waals surface area (Å²) >= 11 is 0. The van der Waals surface area contributed by atoms with Crippen molar-refractivity contribution in [1.29, 1.82) is 0 Å². The summed E-state index contributed by atoms with van der Waals surface area (Å²) in [6.45, 7) is 3.90. The van der Waals surface area contributed by atoms with Crippen LogP contribution in [0.1, 0.15) is 24.4 Å². The second kappa shape index (κ2) is 6.00. The summed E-state index contributed by atoms with van der Waals surface area (Å²) in [6.07, 6.45) is 4.81. The number of aromatic nitrogens is 2. The summed E-state index contributed by atoms with van der Waals surface area (Å²) in [5, 5.41) is 9.49. The van der Waals surface area contributed by atoms with Gasteiger partial charge in [-0.1, -0.05) is 0 Å². The maximum absolute atomic E-state index is 13.6. The number of ether oxygens (including phenoxy) is 1. The summed E-state index contributed by atoms with van der Waals surface area (Å²) in [6, 6.07) is 0. The van der Waals surface area contributed by atoms with E-state index in [9.17, 15) is 13.9 Å². The van der Waals surface area contributed by atoms with Crippen LogP contribution in [0.15, 0.2) is 30.0 Å². The quantitative estimate of drug-likeness (QED) is 0.904. The van der Waals surface area contributed by atoms with Crippen molar-refractivity contribution in [2.45, 2.75) is 26.7 Å². The number of allylic oxidation sites excluding steroid dienone is 4. The number of nitrogens with zero attached hydrogens (tertiary/aromatic N) is 2. The zero-order valence-corrected chi connectivity index (χ0v) is 13.2. The first-order valence-electron chi connectivity index (χ1n) is 7.72. The van der Waals surface area contributed by atoms with Gasteiger partial charge in [-0.25, -0.2) is 18.7 Å². The fourth-order valence-corrected chi connectivity index (χ4v) is 3.40. The van der Waals surface area contributed by atoms with Crippen molar-refractivity contribution in [3.63, 3.8) is 0 Å². The SMILES string of the molecule is Cc1ncc(OC[C@@]2(C3C=C(F)C=C(F)C3)C[C@H]2CO)c(C)n1. The molecule has 3 atom stereocenters. The van der Waals surface area contributed by atoms with E-state index in [1.54, 1.807) is 13.1 Å². The third-order valence-electron chi connectivity index (χ3n) is 4.86. The predicted molar refractivity (Wildman–Crippen MR) is 81.1 cm³/mol. The van der Waals surface area contributed by atoms with E-state index in [2.05, 4.69) is 9.97 Å². The Balaban J connectivity index is 1.76. The van der Waals surface area contributed by atoms with E-state index in [-0.39, 0.29) is 31.5 Å². The van der Waals surface area contributed by atoms with E-state index in [1.807, 2.05) is 6.92 Å². The predicted octanol–water partition coefficient (Wildman–Crippen LogP) is 3.20. The Hall–Kier alpha value is -1.82. The lowest BCUT2D eigenvalue weighted by atomic mass is 9.82. The van der Waals surface area contributed by atoms with Crippen LogP contribution in [0.5, 0.6) is 5.75 Å². The molecule has 1 aromatic rings.